The molecule has 8 heteroatoms. The van der Waals surface area contributed by atoms with Crippen molar-refractivity contribution >= 4 is 8.03 Å². The van der Waals surface area contributed by atoms with Gasteiger partial charge in [-0.25, -0.2) is 0 Å². The highest BCUT2D eigenvalue weighted by Gasteiger charge is 2.54. The van der Waals surface area contributed by atoms with Crippen LogP contribution >= 0.6 is 8.03 Å². The fourth-order valence-electron chi connectivity index (χ4n) is 1.14. The van der Waals surface area contributed by atoms with Crippen LogP contribution in [-0.4, -0.2) is 62.4 Å². The van der Waals surface area contributed by atoms with E-state index < -0.39 is 44.9 Å². The molecule has 0 spiro atoms. The molecule has 82 valence electrons. The smallest absolute Gasteiger partial charge is 0.394 e. The third-order valence-electron chi connectivity index (χ3n) is 2.00. The van der Waals surface area contributed by atoms with Gasteiger partial charge in [-0.05, 0) is 4.57 Å². The van der Waals surface area contributed by atoms with Crippen molar-refractivity contribution in [1.82, 2.24) is 0 Å². The Kier molecular flexibility index (Phi) is 3.91. The van der Waals surface area contributed by atoms with Crippen LogP contribution in [0.2, 0.25) is 0 Å². The third-order valence-corrected chi connectivity index (χ3v) is 3.19. The van der Waals surface area contributed by atoms with Gasteiger partial charge in [0.2, 0.25) is 0 Å². The van der Waals surface area contributed by atoms with Crippen molar-refractivity contribution in [3.05, 3.63) is 0 Å². The van der Waals surface area contributed by atoms with Gasteiger partial charge < -0.3 is 25.5 Å². The third kappa shape index (κ3) is 2.09. The Balaban J connectivity index is 2.75. The lowest BCUT2D eigenvalue weighted by Gasteiger charge is -2.29. The van der Waals surface area contributed by atoms with Crippen LogP contribution in [0.5, 0.6) is 0 Å². The molecule has 1 heterocycles. The zero-order chi connectivity index (χ0) is 10.9. The van der Waals surface area contributed by atoms with Crippen LogP contribution in [0.1, 0.15) is 0 Å². The zero-order valence-electron chi connectivity index (χ0n) is 7.09. The van der Waals surface area contributed by atoms with Gasteiger partial charge in [0, 0.05) is 0 Å². The summed E-state index contributed by atoms with van der Waals surface area (Å²) in [5.74, 6) is -1.68. The van der Waals surface area contributed by atoms with Gasteiger partial charge >= 0.3 is 13.9 Å². The number of hydrogen-bond acceptors (Lipinski definition) is 7. The lowest BCUT2D eigenvalue weighted by atomic mass is 10.0. The molecule has 0 aromatic rings. The predicted octanol–water partition coefficient (Wildman–Crippen LogP) is -2.48. The second-order valence-corrected chi connectivity index (χ2v) is 4.31. The molecule has 1 unspecified atom stereocenters. The minimum atomic E-state index is -2.57. The van der Waals surface area contributed by atoms with Crippen molar-refractivity contribution in [2.24, 2.45) is 0 Å². The quantitative estimate of drug-likeness (QED) is 0.330. The maximum atomic E-state index is 11.0. The maximum Gasteiger partial charge on any atom is 0.543 e. The van der Waals surface area contributed by atoms with E-state index in [4.69, 9.17) is 15.3 Å². The molecule has 1 aliphatic heterocycles. The van der Waals surface area contributed by atoms with Crippen molar-refractivity contribution in [3.8, 4) is 0 Å². The van der Waals surface area contributed by atoms with Gasteiger partial charge in [0.05, 0.1) is 6.61 Å². The molecule has 1 saturated heterocycles. The van der Waals surface area contributed by atoms with Crippen LogP contribution in [0, 0.1) is 0 Å². The van der Waals surface area contributed by atoms with Gasteiger partial charge in [0.25, 0.3) is 0 Å². The van der Waals surface area contributed by atoms with Gasteiger partial charge in [0.1, 0.15) is 12.2 Å². The highest BCUT2D eigenvalue weighted by Crippen LogP contribution is 2.39. The summed E-state index contributed by atoms with van der Waals surface area (Å²) in [6.07, 6.45) is -6.05. The van der Waals surface area contributed by atoms with E-state index in [1.807, 2.05) is 0 Å². The first kappa shape index (κ1) is 11.9. The van der Waals surface area contributed by atoms with E-state index in [0.717, 1.165) is 0 Å². The molecule has 1 rings (SSSR count). The number of aliphatic hydroxyl groups excluding tert-OH is 5. The molecule has 0 bridgehead atoms. The van der Waals surface area contributed by atoms with Gasteiger partial charge in [-0.2, -0.15) is 0 Å². The molecule has 0 saturated carbocycles. The van der Waals surface area contributed by atoms with E-state index in [2.05, 4.69) is 4.52 Å². The molecule has 14 heavy (non-hydrogen) atoms. The van der Waals surface area contributed by atoms with Crippen LogP contribution in [0.25, 0.3) is 0 Å². The molecule has 0 radical (unpaired) electrons. The lowest BCUT2D eigenvalue weighted by Crippen LogP contribution is -2.53. The highest BCUT2D eigenvalue weighted by molar-refractivity contribution is 7.39. The van der Waals surface area contributed by atoms with E-state index in [0.29, 0.717) is 0 Å². The SMILES string of the molecule is O=[P+]1O[C@H]([C@H](O)CO)[C@H](O)[C@H](O)[C@@H]1O. The van der Waals surface area contributed by atoms with Gasteiger partial charge in [-0.15, -0.1) is 4.52 Å². The predicted molar refractivity (Wildman–Crippen MR) is 43.6 cm³/mol. The molecular formula is C6H12O7P+. The van der Waals surface area contributed by atoms with Crippen molar-refractivity contribution in [3.63, 3.8) is 0 Å². The van der Waals surface area contributed by atoms with Crippen LogP contribution in [-0.2, 0) is 9.09 Å². The summed E-state index contributed by atoms with van der Waals surface area (Å²) < 4.78 is 15.6. The van der Waals surface area contributed by atoms with E-state index in [-0.39, 0.29) is 0 Å². The molecule has 0 amide bonds. The van der Waals surface area contributed by atoms with Crippen molar-refractivity contribution < 1.29 is 34.6 Å². The minimum Gasteiger partial charge on any atom is -0.394 e. The Morgan fingerprint density at radius 2 is 1.86 bits per heavy atom. The molecule has 1 fully saturated rings. The number of rotatable bonds is 2. The minimum absolute atomic E-state index is 0.701. The second-order valence-electron chi connectivity index (χ2n) is 3.00. The first-order valence-electron chi connectivity index (χ1n) is 3.95. The second kappa shape index (κ2) is 4.59. The molecular weight excluding hydrogens is 215 g/mol. The molecule has 1 aliphatic rings. The molecule has 5 N–H and O–H groups in total. The summed E-state index contributed by atoms with van der Waals surface area (Å²) in [4.78, 5) is 0. The highest BCUT2D eigenvalue weighted by atomic mass is 31.1. The van der Waals surface area contributed by atoms with Gasteiger partial charge in [-0.1, -0.05) is 0 Å². The summed E-state index contributed by atoms with van der Waals surface area (Å²) in [7, 11) is -2.57. The standard InChI is InChI=1S/C6H12O7P/c7-1-2(8)5-3(9)4(10)6(11)14(12)13-5/h2-11H,1H2/q+1/t2-,3-,4+,5-,6-/m1/s1. The fourth-order valence-corrected chi connectivity index (χ4v) is 2.20. The fraction of sp³-hybridized carbons (Fsp3) is 1.00. The van der Waals surface area contributed by atoms with Crippen LogP contribution in [0.4, 0.5) is 0 Å². The van der Waals surface area contributed by atoms with Gasteiger partial charge in [-0.3, -0.25) is 0 Å². The Morgan fingerprint density at radius 3 is 2.36 bits per heavy atom. The molecule has 7 nitrogen and oxygen atoms in total. The van der Waals surface area contributed by atoms with Crippen LogP contribution < -0.4 is 0 Å². The number of aliphatic hydroxyl groups is 5. The Bertz CT molecular complexity index is 222. The topological polar surface area (TPSA) is 127 Å². The normalized spacial score (nSPS) is 43.6. The van der Waals surface area contributed by atoms with E-state index in [1.165, 1.54) is 0 Å². The molecule has 6 atom stereocenters. The maximum absolute atomic E-state index is 11.0. The van der Waals surface area contributed by atoms with E-state index in [1.54, 1.807) is 0 Å². The lowest BCUT2D eigenvalue weighted by molar-refractivity contribution is -0.137. The monoisotopic (exact) mass is 227 g/mol. The first-order valence-corrected chi connectivity index (χ1v) is 5.20. The summed E-state index contributed by atoms with van der Waals surface area (Å²) in [6.45, 7) is -0.701. The Labute approximate surface area is 80.4 Å². The van der Waals surface area contributed by atoms with Gasteiger partial charge in [0.15, 0.2) is 12.2 Å². The largest absolute Gasteiger partial charge is 0.543 e. The number of hydrogen-bond donors (Lipinski definition) is 5. The molecule has 0 aromatic carbocycles. The summed E-state index contributed by atoms with van der Waals surface area (Å²) in [5.41, 5.74) is 0. The summed E-state index contributed by atoms with van der Waals surface area (Å²) >= 11 is 0. The van der Waals surface area contributed by atoms with Crippen LogP contribution in [0.15, 0.2) is 0 Å². The van der Waals surface area contributed by atoms with Crippen molar-refractivity contribution in [2.45, 2.75) is 30.3 Å². The molecule has 0 aliphatic carbocycles. The first-order chi connectivity index (χ1) is 6.49. The Morgan fingerprint density at radius 1 is 1.29 bits per heavy atom. The Hall–Kier alpha value is -0.140. The summed E-state index contributed by atoms with van der Waals surface area (Å²) in [6, 6.07) is 0. The average Bonchev–Trinajstić information content (AvgIpc) is 2.19. The van der Waals surface area contributed by atoms with Crippen molar-refractivity contribution in [2.75, 3.05) is 6.61 Å². The summed E-state index contributed by atoms with van der Waals surface area (Å²) in [5, 5.41) is 45.2. The van der Waals surface area contributed by atoms with Crippen molar-refractivity contribution in [1.29, 1.82) is 0 Å². The molecule has 0 aromatic heterocycles. The van der Waals surface area contributed by atoms with E-state index in [9.17, 15) is 14.8 Å². The zero-order valence-corrected chi connectivity index (χ0v) is 7.99. The average molecular weight is 227 g/mol. The van der Waals surface area contributed by atoms with Crippen LogP contribution in [0.3, 0.4) is 0 Å². The van der Waals surface area contributed by atoms with E-state index >= 15 is 0 Å².